The van der Waals surface area contributed by atoms with Crippen LogP contribution in [0.3, 0.4) is 0 Å². The van der Waals surface area contributed by atoms with Crippen LogP contribution in [-0.2, 0) is 22.4 Å². The maximum Gasteiger partial charge on any atom is 0.313 e. The second kappa shape index (κ2) is 3.87. The van der Waals surface area contributed by atoms with Crippen molar-refractivity contribution in [2.45, 2.75) is 51.6 Å². The van der Waals surface area contributed by atoms with Gasteiger partial charge in [-0.05, 0) is 66.8 Å². The predicted octanol–water partition coefficient (Wildman–Crippen LogP) is 3.16. The summed E-state index contributed by atoms with van der Waals surface area (Å²) in [5.74, 6) is 2.43. The summed E-state index contributed by atoms with van der Waals surface area (Å²) in [6.07, 6.45) is 4.15. The minimum absolute atomic E-state index is 0.0875. The molecule has 6 rings (SSSR count). The summed E-state index contributed by atoms with van der Waals surface area (Å²) in [6, 6.07) is 2.22. The van der Waals surface area contributed by atoms with Gasteiger partial charge < -0.3 is 9.47 Å². The lowest BCUT2D eigenvalue weighted by Crippen LogP contribution is -2.60. The summed E-state index contributed by atoms with van der Waals surface area (Å²) < 4.78 is 11.4. The van der Waals surface area contributed by atoms with E-state index in [0.717, 1.165) is 31.4 Å². The van der Waals surface area contributed by atoms with Crippen LogP contribution < -0.4 is 4.74 Å². The number of rotatable bonds is 1. The van der Waals surface area contributed by atoms with Gasteiger partial charge in [0, 0.05) is 11.8 Å². The third kappa shape index (κ3) is 1.21. The maximum absolute atomic E-state index is 12.8. The fourth-order valence-corrected chi connectivity index (χ4v) is 6.11. The number of hydrogen-bond acceptors (Lipinski definition) is 3. The van der Waals surface area contributed by atoms with Gasteiger partial charge in [0.25, 0.3) is 0 Å². The van der Waals surface area contributed by atoms with Crippen molar-refractivity contribution in [2.75, 3.05) is 7.11 Å². The van der Waals surface area contributed by atoms with Crippen LogP contribution in [0.4, 0.5) is 0 Å². The molecule has 2 unspecified atom stereocenters. The number of carbonyl (C=O) groups excluding carboxylic acids is 1. The molecule has 0 aromatic heterocycles. The second-order valence-corrected chi connectivity index (χ2v) is 7.72. The highest BCUT2D eigenvalue weighted by Gasteiger charge is 2.67. The van der Waals surface area contributed by atoms with Crippen molar-refractivity contribution < 1.29 is 14.3 Å². The molecule has 5 aliphatic rings. The molecule has 1 aromatic rings. The molecule has 2 bridgehead atoms. The number of benzene rings is 1. The highest BCUT2D eigenvalue weighted by molar-refractivity contribution is 5.83. The van der Waals surface area contributed by atoms with Crippen LogP contribution in [-0.4, -0.2) is 19.2 Å². The molecule has 0 N–H and O–H groups in total. The Bertz CT molecular complexity index is 707. The standard InChI is InChI=1S/C19H22O3/c1-9-6-15-13-8-12-10(2)14(21-3)7-11-4-5-19(9,18(20)22-15)17(13)16(11)12/h7,9,13,15,17H,4-6,8H2,1-3H3/t9-,13+,15?,17-,19?/m0/s1. The molecule has 116 valence electrons. The monoisotopic (exact) mass is 298 g/mol. The lowest BCUT2D eigenvalue weighted by molar-refractivity contribution is -0.207. The van der Waals surface area contributed by atoms with E-state index in [4.69, 9.17) is 9.47 Å². The Kier molecular flexibility index (Phi) is 2.28. The first-order valence-electron chi connectivity index (χ1n) is 8.48. The van der Waals surface area contributed by atoms with Crippen LogP contribution in [0.2, 0.25) is 0 Å². The fraction of sp³-hybridized carbons (Fsp3) is 0.632. The molecule has 2 heterocycles. The minimum Gasteiger partial charge on any atom is -0.496 e. The molecule has 3 nitrogen and oxygen atoms in total. The van der Waals surface area contributed by atoms with Gasteiger partial charge in [0.15, 0.2) is 0 Å². The average molecular weight is 298 g/mol. The molecule has 22 heavy (non-hydrogen) atoms. The van der Waals surface area contributed by atoms with E-state index in [1.54, 1.807) is 7.11 Å². The van der Waals surface area contributed by atoms with E-state index in [-0.39, 0.29) is 17.5 Å². The predicted molar refractivity (Wildman–Crippen MR) is 82.1 cm³/mol. The summed E-state index contributed by atoms with van der Waals surface area (Å²) in [5, 5.41) is 0. The first-order valence-corrected chi connectivity index (χ1v) is 8.48. The van der Waals surface area contributed by atoms with Crippen LogP contribution in [0.15, 0.2) is 6.07 Å². The lowest BCUT2D eigenvalue weighted by atomic mass is 9.50. The van der Waals surface area contributed by atoms with Crippen molar-refractivity contribution in [2.24, 2.45) is 17.3 Å². The van der Waals surface area contributed by atoms with Crippen LogP contribution in [0.5, 0.6) is 5.75 Å². The van der Waals surface area contributed by atoms with Crippen LogP contribution in [0, 0.1) is 24.2 Å². The first-order chi connectivity index (χ1) is 10.6. The highest BCUT2D eigenvalue weighted by atomic mass is 16.5. The van der Waals surface area contributed by atoms with Gasteiger partial charge in [-0.3, -0.25) is 4.79 Å². The summed E-state index contributed by atoms with van der Waals surface area (Å²) in [5.41, 5.74) is 5.38. The van der Waals surface area contributed by atoms with Gasteiger partial charge in [-0.1, -0.05) is 6.92 Å². The number of ether oxygens (including phenoxy) is 2. The van der Waals surface area contributed by atoms with Gasteiger partial charge in [-0.15, -0.1) is 0 Å². The zero-order chi connectivity index (χ0) is 15.2. The van der Waals surface area contributed by atoms with E-state index >= 15 is 0 Å². The Morgan fingerprint density at radius 3 is 2.95 bits per heavy atom. The molecule has 1 spiro atoms. The molecule has 0 radical (unpaired) electrons. The minimum atomic E-state index is -0.251. The third-order valence-electron chi connectivity index (χ3n) is 7.14. The number of hydrogen-bond donors (Lipinski definition) is 0. The fourth-order valence-electron chi connectivity index (χ4n) is 6.11. The van der Waals surface area contributed by atoms with Crippen LogP contribution >= 0.6 is 0 Å². The van der Waals surface area contributed by atoms with Gasteiger partial charge in [0.1, 0.15) is 11.9 Å². The van der Waals surface area contributed by atoms with Gasteiger partial charge in [-0.2, -0.15) is 0 Å². The smallest absolute Gasteiger partial charge is 0.313 e. The molecular formula is C19H22O3. The largest absolute Gasteiger partial charge is 0.496 e. The Morgan fingerprint density at radius 2 is 2.23 bits per heavy atom. The summed E-state index contributed by atoms with van der Waals surface area (Å²) in [4.78, 5) is 12.8. The van der Waals surface area contributed by atoms with Crippen LogP contribution in [0.1, 0.15) is 47.9 Å². The van der Waals surface area contributed by atoms with E-state index in [1.165, 1.54) is 22.3 Å². The Balaban J connectivity index is 1.79. The zero-order valence-electron chi connectivity index (χ0n) is 13.4. The van der Waals surface area contributed by atoms with E-state index in [9.17, 15) is 4.79 Å². The van der Waals surface area contributed by atoms with Gasteiger partial charge in [0.05, 0.1) is 12.5 Å². The van der Waals surface area contributed by atoms with Crippen LogP contribution in [0.25, 0.3) is 0 Å². The van der Waals surface area contributed by atoms with Crippen molar-refractivity contribution in [1.29, 1.82) is 0 Å². The van der Waals surface area contributed by atoms with Gasteiger partial charge >= 0.3 is 5.97 Å². The van der Waals surface area contributed by atoms with Crippen molar-refractivity contribution in [3.63, 3.8) is 0 Å². The molecule has 3 aliphatic carbocycles. The number of aryl methyl sites for hydroxylation is 1. The molecule has 0 amide bonds. The summed E-state index contributed by atoms with van der Waals surface area (Å²) >= 11 is 0. The molecule has 1 aromatic carbocycles. The van der Waals surface area contributed by atoms with Gasteiger partial charge in [-0.25, -0.2) is 0 Å². The quantitative estimate of drug-likeness (QED) is 0.747. The number of fused-ring (bicyclic) bond motifs is 2. The van der Waals surface area contributed by atoms with E-state index in [1.807, 2.05) is 0 Å². The number of esters is 1. The number of methoxy groups -OCH3 is 1. The van der Waals surface area contributed by atoms with Crippen molar-refractivity contribution in [3.05, 3.63) is 28.3 Å². The molecule has 5 atom stereocenters. The SMILES string of the molecule is COc1cc2c3c(c1C)C[C@@H]1C4C[C@H](C)C(CC2)(C(=O)O4)[C@H]31. The van der Waals surface area contributed by atoms with Crippen molar-refractivity contribution in [3.8, 4) is 5.75 Å². The maximum atomic E-state index is 12.8. The summed E-state index contributed by atoms with van der Waals surface area (Å²) in [7, 11) is 1.76. The molecule has 3 fully saturated rings. The van der Waals surface area contributed by atoms with Crippen molar-refractivity contribution >= 4 is 5.97 Å². The molecular weight excluding hydrogens is 276 g/mol. The lowest BCUT2D eigenvalue weighted by Gasteiger charge is -2.57. The zero-order valence-corrected chi connectivity index (χ0v) is 13.4. The van der Waals surface area contributed by atoms with E-state index in [0.29, 0.717) is 17.8 Å². The Labute approximate surface area is 131 Å². The molecule has 2 saturated heterocycles. The first kappa shape index (κ1) is 13.0. The highest BCUT2D eigenvalue weighted by Crippen LogP contribution is 2.67. The molecule has 2 aliphatic heterocycles. The number of carbonyl (C=O) groups is 1. The molecule has 1 saturated carbocycles. The van der Waals surface area contributed by atoms with Gasteiger partial charge in [0.2, 0.25) is 0 Å². The van der Waals surface area contributed by atoms with Crippen molar-refractivity contribution in [1.82, 2.24) is 0 Å². The third-order valence-corrected chi connectivity index (χ3v) is 7.14. The normalized spacial score (nSPS) is 40.4. The molecule has 3 heteroatoms. The summed E-state index contributed by atoms with van der Waals surface area (Å²) in [6.45, 7) is 4.43. The second-order valence-electron chi connectivity index (χ2n) is 7.72. The van der Waals surface area contributed by atoms with E-state index < -0.39 is 0 Å². The Morgan fingerprint density at radius 1 is 1.41 bits per heavy atom. The average Bonchev–Trinajstić information content (AvgIpc) is 2.92. The van der Waals surface area contributed by atoms with E-state index in [2.05, 4.69) is 19.9 Å². The topological polar surface area (TPSA) is 35.5 Å². The Hall–Kier alpha value is -1.51.